The third kappa shape index (κ3) is 5.48. The molecule has 1 aliphatic rings. The molecule has 0 spiro atoms. The Labute approximate surface area is 188 Å². The summed E-state index contributed by atoms with van der Waals surface area (Å²) in [6.07, 6.45) is 4.63. The number of nitrogens with zero attached hydrogens (tertiary/aromatic N) is 2. The molecular weight excluding hydrogens is 406 g/mol. The van der Waals surface area contributed by atoms with Crippen LogP contribution in [0.3, 0.4) is 0 Å². The van der Waals surface area contributed by atoms with Gasteiger partial charge in [-0.1, -0.05) is 60.7 Å². The van der Waals surface area contributed by atoms with E-state index in [2.05, 4.69) is 63.6 Å². The minimum absolute atomic E-state index is 0.198. The maximum Gasteiger partial charge on any atom is 0.250 e. The van der Waals surface area contributed by atoms with E-state index in [9.17, 15) is 4.79 Å². The molecule has 4 rings (SSSR count). The molecule has 0 unspecified atom stereocenters. The molecule has 1 amide bonds. The van der Waals surface area contributed by atoms with Gasteiger partial charge in [-0.05, 0) is 41.6 Å². The second kappa shape index (κ2) is 10.2. The lowest BCUT2D eigenvalue weighted by Gasteiger charge is -2.40. The smallest absolute Gasteiger partial charge is 0.250 e. The van der Waals surface area contributed by atoms with E-state index in [1.807, 2.05) is 12.1 Å². The van der Waals surface area contributed by atoms with E-state index in [1.54, 1.807) is 24.5 Å². The van der Waals surface area contributed by atoms with Gasteiger partial charge in [0.15, 0.2) is 5.11 Å². The molecule has 6 heteroatoms. The Hall–Kier alpha value is -3.22. The van der Waals surface area contributed by atoms with Crippen LogP contribution in [0.25, 0.3) is 6.08 Å². The summed E-state index contributed by atoms with van der Waals surface area (Å²) in [7, 11) is 0. The molecule has 5 nitrogen and oxygen atoms in total. The van der Waals surface area contributed by atoms with Gasteiger partial charge in [0.1, 0.15) is 5.76 Å². The summed E-state index contributed by atoms with van der Waals surface area (Å²) in [6, 6.07) is 24.9. The normalized spacial score (nSPS) is 14.8. The Morgan fingerprint density at radius 1 is 0.903 bits per heavy atom. The van der Waals surface area contributed by atoms with Crippen molar-refractivity contribution in [3.05, 3.63) is 102 Å². The molecule has 1 aromatic heterocycles. The van der Waals surface area contributed by atoms with Crippen molar-refractivity contribution in [1.82, 2.24) is 15.1 Å². The summed E-state index contributed by atoms with van der Waals surface area (Å²) in [5.74, 6) is 0.373. The number of benzene rings is 2. The fourth-order valence-corrected chi connectivity index (χ4v) is 4.12. The Morgan fingerprint density at radius 3 is 2.06 bits per heavy atom. The molecule has 158 valence electrons. The lowest BCUT2D eigenvalue weighted by atomic mass is 9.96. The van der Waals surface area contributed by atoms with Crippen LogP contribution in [0.15, 0.2) is 89.6 Å². The summed E-state index contributed by atoms with van der Waals surface area (Å²) in [6.45, 7) is 3.23. The first kappa shape index (κ1) is 21.0. The second-order valence-corrected chi connectivity index (χ2v) is 7.78. The molecular formula is C25H25N3O2S. The molecule has 0 saturated carbocycles. The summed E-state index contributed by atoms with van der Waals surface area (Å²) in [4.78, 5) is 16.7. The summed E-state index contributed by atoms with van der Waals surface area (Å²) in [5, 5.41) is 3.25. The average molecular weight is 432 g/mol. The lowest BCUT2D eigenvalue weighted by molar-refractivity contribution is -0.115. The number of furan rings is 1. The molecule has 3 aromatic rings. The van der Waals surface area contributed by atoms with Crippen molar-refractivity contribution < 1.29 is 9.21 Å². The van der Waals surface area contributed by atoms with Gasteiger partial charge >= 0.3 is 0 Å². The number of carbonyl (C=O) groups excluding carboxylic acids is 1. The number of rotatable bonds is 5. The van der Waals surface area contributed by atoms with Gasteiger partial charge in [-0.3, -0.25) is 15.0 Å². The van der Waals surface area contributed by atoms with Gasteiger partial charge < -0.3 is 9.32 Å². The fraction of sp³-hybridized carbons (Fsp3) is 0.200. The maximum atomic E-state index is 12.2. The average Bonchev–Trinajstić information content (AvgIpc) is 3.34. The van der Waals surface area contributed by atoms with E-state index in [4.69, 9.17) is 16.6 Å². The summed E-state index contributed by atoms with van der Waals surface area (Å²) < 4.78 is 5.20. The molecule has 2 aromatic carbocycles. The number of thiocarbonyl (C=S) groups is 1. The van der Waals surface area contributed by atoms with Crippen molar-refractivity contribution in [2.45, 2.75) is 6.04 Å². The molecule has 0 radical (unpaired) electrons. The molecule has 31 heavy (non-hydrogen) atoms. The van der Waals surface area contributed by atoms with E-state index in [1.165, 1.54) is 17.2 Å². The zero-order chi connectivity index (χ0) is 21.5. The van der Waals surface area contributed by atoms with Crippen LogP contribution in [-0.4, -0.2) is 47.0 Å². The molecule has 0 atom stereocenters. The minimum atomic E-state index is -0.254. The quantitative estimate of drug-likeness (QED) is 0.487. The Morgan fingerprint density at radius 2 is 1.52 bits per heavy atom. The first-order valence-electron chi connectivity index (χ1n) is 10.4. The van der Waals surface area contributed by atoms with Crippen LogP contribution in [0, 0.1) is 0 Å². The number of piperazine rings is 1. The van der Waals surface area contributed by atoms with Crippen LogP contribution in [0.1, 0.15) is 22.9 Å². The highest BCUT2D eigenvalue weighted by Gasteiger charge is 2.27. The Balaban J connectivity index is 1.37. The van der Waals surface area contributed by atoms with Crippen molar-refractivity contribution in [2.24, 2.45) is 0 Å². The minimum Gasteiger partial charge on any atom is -0.465 e. The van der Waals surface area contributed by atoms with Crippen molar-refractivity contribution in [3.63, 3.8) is 0 Å². The number of carbonyl (C=O) groups is 1. The van der Waals surface area contributed by atoms with E-state index >= 15 is 0 Å². The molecule has 0 bridgehead atoms. The molecule has 1 aliphatic heterocycles. The number of amides is 1. The van der Waals surface area contributed by atoms with Gasteiger partial charge in [-0.15, -0.1) is 0 Å². The largest absolute Gasteiger partial charge is 0.465 e. The van der Waals surface area contributed by atoms with Gasteiger partial charge in [-0.25, -0.2) is 0 Å². The third-order valence-electron chi connectivity index (χ3n) is 5.37. The first-order valence-corrected chi connectivity index (χ1v) is 10.8. The molecule has 1 fully saturated rings. The Kier molecular flexibility index (Phi) is 6.92. The number of hydrogen-bond donors (Lipinski definition) is 1. The predicted molar refractivity (Wildman–Crippen MR) is 126 cm³/mol. The Bertz CT molecular complexity index is 972. The SMILES string of the molecule is O=C(/C=C/c1ccco1)NC(=S)N1CCN(C(c2ccccc2)c2ccccc2)CC1. The van der Waals surface area contributed by atoms with Crippen molar-refractivity contribution in [1.29, 1.82) is 0 Å². The summed E-state index contributed by atoms with van der Waals surface area (Å²) in [5.41, 5.74) is 2.56. The van der Waals surface area contributed by atoms with Gasteiger partial charge in [0, 0.05) is 32.3 Å². The van der Waals surface area contributed by atoms with Crippen LogP contribution in [0.4, 0.5) is 0 Å². The van der Waals surface area contributed by atoms with Crippen LogP contribution < -0.4 is 5.32 Å². The number of nitrogens with one attached hydrogen (secondary N) is 1. The predicted octanol–water partition coefficient (Wildman–Crippen LogP) is 4.10. The third-order valence-corrected chi connectivity index (χ3v) is 5.73. The number of hydrogen-bond acceptors (Lipinski definition) is 4. The molecule has 2 heterocycles. The maximum absolute atomic E-state index is 12.2. The van der Waals surface area contributed by atoms with E-state index in [0.29, 0.717) is 10.9 Å². The summed E-state index contributed by atoms with van der Waals surface area (Å²) >= 11 is 5.47. The zero-order valence-electron chi connectivity index (χ0n) is 17.2. The zero-order valence-corrected chi connectivity index (χ0v) is 18.0. The first-order chi connectivity index (χ1) is 15.2. The molecule has 1 saturated heterocycles. The standard InChI is InChI=1S/C25H25N3O2S/c29-23(14-13-22-12-7-19-30-22)26-25(31)28-17-15-27(16-18-28)24(20-8-3-1-4-9-20)21-10-5-2-6-11-21/h1-14,19,24H,15-18H2,(H,26,29,31)/b14-13+. The monoisotopic (exact) mass is 431 g/mol. The van der Waals surface area contributed by atoms with Gasteiger partial charge in [0.2, 0.25) is 5.91 Å². The highest BCUT2D eigenvalue weighted by Crippen LogP contribution is 2.29. The van der Waals surface area contributed by atoms with Crippen molar-refractivity contribution in [2.75, 3.05) is 26.2 Å². The topological polar surface area (TPSA) is 48.7 Å². The second-order valence-electron chi connectivity index (χ2n) is 7.39. The highest BCUT2D eigenvalue weighted by atomic mass is 32.1. The van der Waals surface area contributed by atoms with Crippen molar-refractivity contribution >= 4 is 29.3 Å². The van der Waals surface area contributed by atoms with Crippen molar-refractivity contribution in [3.8, 4) is 0 Å². The van der Waals surface area contributed by atoms with E-state index in [-0.39, 0.29) is 11.9 Å². The van der Waals surface area contributed by atoms with Gasteiger partial charge in [0.25, 0.3) is 0 Å². The molecule has 0 aliphatic carbocycles. The van der Waals surface area contributed by atoms with Gasteiger partial charge in [0.05, 0.1) is 12.3 Å². The fourth-order valence-electron chi connectivity index (χ4n) is 3.84. The van der Waals surface area contributed by atoms with Gasteiger partial charge in [-0.2, -0.15) is 0 Å². The molecule has 1 N–H and O–H groups in total. The van der Waals surface area contributed by atoms with Crippen LogP contribution in [0.5, 0.6) is 0 Å². The lowest BCUT2D eigenvalue weighted by Crippen LogP contribution is -2.53. The van der Waals surface area contributed by atoms with Crippen LogP contribution in [0.2, 0.25) is 0 Å². The highest BCUT2D eigenvalue weighted by molar-refractivity contribution is 7.80. The van der Waals surface area contributed by atoms with E-state index in [0.717, 1.165) is 26.2 Å². The van der Waals surface area contributed by atoms with E-state index < -0.39 is 0 Å². The van der Waals surface area contributed by atoms with Crippen LogP contribution in [-0.2, 0) is 4.79 Å². The van der Waals surface area contributed by atoms with Crippen LogP contribution >= 0.6 is 12.2 Å².